The third-order valence-corrected chi connectivity index (χ3v) is 5.00. The maximum Gasteiger partial charge on any atom is 0.243 e. The largest absolute Gasteiger partial charge is 0.329 e. The molecule has 0 fully saturated rings. The van der Waals surface area contributed by atoms with Crippen LogP contribution in [0, 0.1) is 5.92 Å². The minimum Gasteiger partial charge on any atom is -0.329 e. The highest BCUT2D eigenvalue weighted by Gasteiger charge is 2.23. The molecule has 8 heteroatoms. The molecule has 3 N–H and O–H groups in total. The summed E-state index contributed by atoms with van der Waals surface area (Å²) < 4.78 is 35.7. The van der Waals surface area contributed by atoms with Crippen molar-refractivity contribution in [3.63, 3.8) is 0 Å². The van der Waals surface area contributed by atoms with Gasteiger partial charge < -0.3 is 5.73 Å². The number of nitrogens with two attached hydrogens (primary N) is 1. The standard InChI is InChI=1S/C12H18N4O2S2/c1-8(2)6-9(7-13)16-20(17,18)11-5-3-4-10-12(11)15-19-14-10/h3-5,8-9,16H,6-7,13H2,1-2H3. The van der Waals surface area contributed by atoms with Gasteiger partial charge in [0.1, 0.15) is 15.9 Å². The van der Waals surface area contributed by atoms with Gasteiger partial charge in [0.2, 0.25) is 10.0 Å². The Morgan fingerprint density at radius 2 is 2.10 bits per heavy atom. The lowest BCUT2D eigenvalue weighted by Crippen LogP contribution is -2.41. The van der Waals surface area contributed by atoms with Crippen molar-refractivity contribution in [1.82, 2.24) is 13.5 Å². The van der Waals surface area contributed by atoms with Gasteiger partial charge in [-0.2, -0.15) is 8.75 Å². The fourth-order valence-electron chi connectivity index (χ4n) is 2.04. The zero-order valence-electron chi connectivity index (χ0n) is 11.4. The second-order valence-corrected chi connectivity index (χ2v) is 7.28. The molecule has 110 valence electrons. The molecule has 0 bridgehead atoms. The summed E-state index contributed by atoms with van der Waals surface area (Å²) in [5.41, 5.74) is 6.64. The predicted octanol–water partition coefficient (Wildman–Crippen LogP) is 1.34. The van der Waals surface area contributed by atoms with Crippen molar-refractivity contribution >= 4 is 32.8 Å². The summed E-state index contributed by atoms with van der Waals surface area (Å²) >= 11 is 1.00. The summed E-state index contributed by atoms with van der Waals surface area (Å²) in [6.07, 6.45) is 0.695. The number of nitrogens with one attached hydrogen (secondary N) is 1. The molecule has 1 aromatic carbocycles. The molecule has 2 rings (SSSR count). The van der Waals surface area contributed by atoms with Crippen LogP contribution in [-0.2, 0) is 10.0 Å². The Balaban J connectivity index is 2.32. The lowest BCUT2D eigenvalue weighted by molar-refractivity contribution is 0.465. The highest BCUT2D eigenvalue weighted by molar-refractivity contribution is 7.89. The molecule has 0 saturated carbocycles. The van der Waals surface area contributed by atoms with Crippen LogP contribution in [0.3, 0.4) is 0 Å². The topological polar surface area (TPSA) is 98.0 Å². The summed E-state index contributed by atoms with van der Waals surface area (Å²) in [6.45, 7) is 4.33. The second-order valence-electron chi connectivity index (χ2n) is 5.07. The number of aromatic nitrogens is 2. The Hall–Kier alpha value is -1.09. The first-order valence-electron chi connectivity index (χ1n) is 6.37. The van der Waals surface area contributed by atoms with Crippen molar-refractivity contribution < 1.29 is 8.42 Å². The summed E-state index contributed by atoms with van der Waals surface area (Å²) in [7, 11) is -3.64. The van der Waals surface area contributed by atoms with E-state index >= 15 is 0 Å². The van der Waals surface area contributed by atoms with Gasteiger partial charge in [0.25, 0.3) is 0 Å². The number of fused-ring (bicyclic) bond motifs is 1. The molecule has 0 saturated heterocycles. The van der Waals surface area contributed by atoms with Crippen molar-refractivity contribution in [2.24, 2.45) is 11.7 Å². The van der Waals surface area contributed by atoms with E-state index in [-0.39, 0.29) is 17.5 Å². The minimum atomic E-state index is -3.64. The van der Waals surface area contributed by atoms with E-state index in [0.717, 1.165) is 11.7 Å². The van der Waals surface area contributed by atoms with Crippen LogP contribution in [0.1, 0.15) is 20.3 Å². The van der Waals surface area contributed by atoms with E-state index in [4.69, 9.17) is 5.73 Å². The summed E-state index contributed by atoms with van der Waals surface area (Å²) in [6, 6.07) is 4.67. The van der Waals surface area contributed by atoms with E-state index in [0.29, 0.717) is 23.4 Å². The van der Waals surface area contributed by atoms with Crippen LogP contribution in [-0.4, -0.2) is 29.8 Å². The molecule has 2 aromatic rings. The van der Waals surface area contributed by atoms with E-state index in [1.165, 1.54) is 6.07 Å². The first kappa shape index (κ1) is 15.3. The van der Waals surface area contributed by atoms with Gasteiger partial charge in [0, 0.05) is 12.6 Å². The molecule has 1 heterocycles. The van der Waals surface area contributed by atoms with Gasteiger partial charge in [0.05, 0.1) is 11.7 Å². The molecule has 0 aliphatic rings. The Kier molecular flexibility index (Phi) is 4.69. The normalized spacial score (nSPS) is 14.0. The van der Waals surface area contributed by atoms with Crippen LogP contribution < -0.4 is 10.5 Å². The maximum absolute atomic E-state index is 12.5. The van der Waals surface area contributed by atoms with Gasteiger partial charge in [0.15, 0.2) is 0 Å². The quantitative estimate of drug-likeness (QED) is 0.838. The maximum atomic E-state index is 12.5. The monoisotopic (exact) mass is 314 g/mol. The van der Waals surface area contributed by atoms with Gasteiger partial charge in [-0.15, -0.1) is 0 Å². The average Bonchev–Trinajstić information content (AvgIpc) is 2.84. The summed E-state index contributed by atoms with van der Waals surface area (Å²) in [5.74, 6) is 0.364. The molecule has 0 amide bonds. The number of hydrogen-bond acceptors (Lipinski definition) is 6. The van der Waals surface area contributed by atoms with Crippen molar-refractivity contribution in [2.75, 3.05) is 6.54 Å². The third kappa shape index (κ3) is 3.32. The van der Waals surface area contributed by atoms with Gasteiger partial charge in [-0.05, 0) is 24.5 Å². The first-order chi connectivity index (χ1) is 9.44. The van der Waals surface area contributed by atoms with E-state index in [1.807, 2.05) is 13.8 Å². The number of sulfonamides is 1. The molecule has 0 spiro atoms. The van der Waals surface area contributed by atoms with Crippen LogP contribution >= 0.6 is 11.7 Å². The van der Waals surface area contributed by atoms with Crippen LogP contribution in [0.25, 0.3) is 11.0 Å². The molecule has 0 radical (unpaired) electrons. The Labute approximate surface area is 122 Å². The van der Waals surface area contributed by atoms with Gasteiger partial charge in [-0.25, -0.2) is 13.1 Å². The number of hydrogen-bond donors (Lipinski definition) is 2. The first-order valence-corrected chi connectivity index (χ1v) is 8.59. The van der Waals surface area contributed by atoms with Crippen molar-refractivity contribution in [1.29, 1.82) is 0 Å². The Morgan fingerprint density at radius 3 is 2.75 bits per heavy atom. The van der Waals surface area contributed by atoms with Gasteiger partial charge >= 0.3 is 0 Å². The zero-order valence-corrected chi connectivity index (χ0v) is 13.0. The van der Waals surface area contributed by atoms with Crippen LogP contribution in [0.2, 0.25) is 0 Å². The van der Waals surface area contributed by atoms with E-state index in [9.17, 15) is 8.42 Å². The van der Waals surface area contributed by atoms with E-state index < -0.39 is 10.0 Å². The molecule has 1 unspecified atom stereocenters. The molecule has 0 aliphatic heterocycles. The fourth-order valence-corrected chi connectivity index (χ4v) is 4.07. The molecule has 0 aliphatic carbocycles. The number of benzene rings is 1. The third-order valence-electron chi connectivity index (χ3n) is 2.90. The van der Waals surface area contributed by atoms with Crippen LogP contribution in [0.5, 0.6) is 0 Å². The van der Waals surface area contributed by atoms with Crippen LogP contribution in [0.4, 0.5) is 0 Å². The highest BCUT2D eigenvalue weighted by atomic mass is 32.2. The lowest BCUT2D eigenvalue weighted by atomic mass is 10.1. The zero-order chi connectivity index (χ0) is 14.8. The van der Waals surface area contributed by atoms with Crippen molar-refractivity contribution in [2.45, 2.75) is 31.2 Å². The van der Waals surface area contributed by atoms with E-state index in [1.54, 1.807) is 12.1 Å². The molecular weight excluding hydrogens is 296 g/mol. The minimum absolute atomic E-state index is 0.158. The van der Waals surface area contributed by atoms with Crippen molar-refractivity contribution in [3.05, 3.63) is 18.2 Å². The smallest absolute Gasteiger partial charge is 0.243 e. The second kappa shape index (κ2) is 6.13. The highest BCUT2D eigenvalue weighted by Crippen LogP contribution is 2.21. The molecule has 20 heavy (non-hydrogen) atoms. The molecule has 6 nitrogen and oxygen atoms in total. The Morgan fingerprint density at radius 1 is 1.35 bits per heavy atom. The lowest BCUT2D eigenvalue weighted by Gasteiger charge is -2.18. The summed E-state index contributed by atoms with van der Waals surface area (Å²) in [5, 5.41) is 0. The number of rotatable bonds is 6. The molecule has 1 atom stereocenters. The molecule has 1 aromatic heterocycles. The summed E-state index contributed by atoms with van der Waals surface area (Å²) in [4.78, 5) is 0.158. The SMILES string of the molecule is CC(C)CC(CN)NS(=O)(=O)c1cccc2nsnc12. The van der Waals surface area contributed by atoms with Crippen molar-refractivity contribution in [3.8, 4) is 0 Å². The number of nitrogens with zero attached hydrogens (tertiary/aromatic N) is 2. The molecular formula is C12H18N4O2S2. The van der Waals surface area contributed by atoms with Gasteiger partial charge in [-0.3, -0.25) is 0 Å². The predicted molar refractivity (Wildman–Crippen MR) is 80.0 cm³/mol. The fraction of sp³-hybridized carbons (Fsp3) is 0.500. The van der Waals surface area contributed by atoms with Crippen LogP contribution in [0.15, 0.2) is 23.1 Å². The van der Waals surface area contributed by atoms with Gasteiger partial charge in [-0.1, -0.05) is 19.9 Å². The Bertz CT molecular complexity index is 682. The average molecular weight is 314 g/mol. The van der Waals surface area contributed by atoms with E-state index in [2.05, 4.69) is 13.5 Å².